The zero-order valence-corrected chi connectivity index (χ0v) is 23.8. The summed E-state index contributed by atoms with van der Waals surface area (Å²) in [6.45, 7) is 8.31. The molecule has 6 nitrogen and oxygen atoms in total. The number of halogens is 5. The molecule has 1 N–H and O–H groups in total. The maximum atomic E-state index is 13.4. The molecule has 2 amide bonds. The van der Waals surface area contributed by atoms with Crippen molar-refractivity contribution in [2.24, 2.45) is 5.92 Å². The third kappa shape index (κ3) is 6.25. The average Bonchev–Trinajstić information content (AvgIpc) is 3.30. The van der Waals surface area contributed by atoms with Crippen LogP contribution in [0.5, 0.6) is 0 Å². The first-order chi connectivity index (χ1) is 18.4. The fourth-order valence-corrected chi connectivity index (χ4v) is 6.19. The monoisotopic (exact) mass is 587 g/mol. The van der Waals surface area contributed by atoms with Crippen LogP contribution >= 0.6 is 23.2 Å². The van der Waals surface area contributed by atoms with Gasteiger partial charge < -0.3 is 14.6 Å². The van der Waals surface area contributed by atoms with E-state index < -0.39 is 23.3 Å². The molecule has 11 heteroatoms. The molecular weight excluding hydrogens is 554 g/mol. The number of nitrogens with zero attached hydrogens (tertiary/aromatic N) is 2. The molecule has 39 heavy (non-hydrogen) atoms. The average molecular weight is 588 g/mol. The van der Waals surface area contributed by atoms with Crippen molar-refractivity contribution >= 4 is 35.0 Å². The Labute approximate surface area is 236 Å². The van der Waals surface area contributed by atoms with Gasteiger partial charge in [0.25, 0.3) is 0 Å². The molecular formula is C28H34Cl2F3N3O3. The standard InChI is InChI=1S/C28H34Cl2F3N3O3/c1-4-5-10-36-25(37)22(13-17(2)3)34-26(38)27(36)8-11-35(12-9-27)16-19-6-7-23(39-19)24-20(29)14-18(15-21(24)30)28(31,32)33/h6-7,14-15,17,22H,4-5,8-13,16H2,1-3H3,(H,34,38). The summed E-state index contributed by atoms with van der Waals surface area (Å²) in [6.07, 6.45) is -1.17. The third-order valence-corrected chi connectivity index (χ3v) is 8.19. The highest BCUT2D eigenvalue weighted by molar-refractivity contribution is 6.39. The van der Waals surface area contributed by atoms with Gasteiger partial charge in [-0.15, -0.1) is 0 Å². The lowest BCUT2D eigenvalue weighted by Crippen LogP contribution is -2.73. The molecule has 1 spiro atoms. The van der Waals surface area contributed by atoms with Crippen molar-refractivity contribution in [1.82, 2.24) is 15.1 Å². The normalized spacial score (nSPS) is 20.2. The number of likely N-dealkylation sites (tertiary alicyclic amines) is 1. The number of rotatable bonds is 8. The van der Waals surface area contributed by atoms with E-state index in [0.717, 1.165) is 25.0 Å². The van der Waals surface area contributed by atoms with E-state index in [1.807, 2.05) is 18.7 Å². The molecule has 214 valence electrons. The fraction of sp³-hybridized carbons (Fsp3) is 0.571. The van der Waals surface area contributed by atoms with Gasteiger partial charge in [0.1, 0.15) is 23.1 Å². The smallest absolute Gasteiger partial charge is 0.416 e. The van der Waals surface area contributed by atoms with E-state index in [1.54, 1.807) is 12.1 Å². The van der Waals surface area contributed by atoms with Crippen molar-refractivity contribution in [3.05, 3.63) is 45.6 Å². The Bertz CT molecular complexity index is 1180. The number of benzene rings is 1. The second-order valence-electron chi connectivity index (χ2n) is 10.9. The van der Waals surface area contributed by atoms with Crippen LogP contribution in [0.4, 0.5) is 13.2 Å². The Morgan fingerprint density at radius 1 is 1.13 bits per heavy atom. The van der Waals surface area contributed by atoms with Crippen LogP contribution in [0.25, 0.3) is 11.3 Å². The number of piperidine rings is 1. The molecule has 0 bridgehead atoms. The third-order valence-electron chi connectivity index (χ3n) is 7.59. The molecule has 1 aromatic heterocycles. The highest BCUT2D eigenvalue weighted by Crippen LogP contribution is 2.41. The van der Waals surface area contributed by atoms with Gasteiger partial charge in [-0.2, -0.15) is 13.2 Å². The van der Waals surface area contributed by atoms with E-state index in [4.69, 9.17) is 27.6 Å². The first kappa shape index (κ1) is 29.7. The van der Waals surface area contributed by atoms with Crippen molar-refractivity contribution in [3.63, 3.8) is 0 Å². The molecule has 3 heterocycles. The van der Waals surface area contributed by atoms with Crippen LogP contribution in [0, 0.1) is 5.92 Å². The first-order valence-corrected chi connectivity index (χ1v) is 14.1. The van der Waals surface area contributed by atoms with E-state index in [-0.39, 0.29) is 39.1 Å². The molecule has 2 aliphatic rings. The molecule has 2 aliphatic heterocycles. The lowest BCUT2D eigenvalue weighted by atomic mass is 9.80. The number of unbranched alkanes of at least 4 members (excludes halogenated alkanes) is 1. The second-order valence-corrected chi connectivity index (χ2v) is 11.7. The lowest BCUT2D eigenvalue weighted by molar-refractivity contribution is -0.161. The fourth-order valence-electron chi connectivity index (χ4n) is 5.52. The van der Waals surface area contributed by atoms with Crippen LogP contribution in [0.3, 0.4) is 0 Å². The van der Waals surface area contributed by atoms with Crippen LogP contribution in [-0.2, 0) is 22.3 Å². The summed E-state index contributed by atoms with van der Waals surface area (Å²) in [6, 6.07) is 4.56. The Balaban J connectivity index is 1.46. The number of alkyl halides is 3. The zero-order valence-electron chi connectivity index (χ0n) is 22.3. The summed E-state index contributed by atoms with van der Waals surface area (Å²) in [5.41, 5.74) is -1.58. The molecule has 0 radical (unpaired) electrons. The van der Waals surface area contributed by atoms with E-state index >= 15 is 0 Å². The SMILES string of the molecule is CCCCN1C(=O)C(CC(C)C)NC(=O)C12CCN(Cc1ccc(-c3c(Cl)cc(C(F)(F)F)cc3Cl)o1)CC2. The highest BCUT2D eigenvalue weighted by atomic mass is 35.5. The van der Waals surface area contributed by atoms with Gasteiger partial charge in [-0.3, -0.25) is 14.5 Å². The number of furan rings is 1. The molecule has 0 aliphatic carbocycles. The minimum absolute atomic E-state index is 0.00572. The highest BCUT2D eigenvalue weighted by Gasteiger charge is 2.53. The van der Waals surface area contributed by atoms with Crippen LogP contribution in [0.1, 0.15) is 64.2 Å². The molecule has 1 aromatic carbocycles. The summed E-state index contributed by atoms with van der Waals surface area (Å²) in [5, 5.41) is 2.72. The number of hydrogen-bond donors (Lipinski definition) is 1. The number of hydrogen-bond acceptors (Lipinski definition) is 4. The lowest BCUT2D eigenvalue weighted by Gasteiger charge is -2.51. The van der Waals surface area contributed by atoms with Crippen molar-refractivity contribution < 1.29 is 27.2 Å². The van der Waals surface area contributed by atoms with Gasteiger partial charge in [0.05, 0.1) is 27.7 Å². The second kappa shape index (κ2) is 11.7. The number of piperazine rings is 1. The summed E-state index contributed by atoms with van der Waals surface area (Å²) in [5.74, 6) is 1.09. The Hall–Kier alpha value is -2.23. The minimum atomic E-state index is -4.56. The van der Waals surface area contributed by atoms with Gasteiger partial charge in [0, 0.05) is 19.6 Å². The summed E-state index contributed by atoms with van der Waals surface area (Å²) in [4.78, 5) is 30.8. The Morgan fingerprint density at radius 3 is 2.33 bits per heavy atom. The van der Waals surface area contributed by atoms with Gasteiger partial charge in [0.15, 0.2) is 0 Å². The molecule has 2 aromatic rings. The quantitative estimate of drug-likeness (QED) is 0.369. The predicted molar refractivity (Wildman–Crippen MR) is 144 cm³/mol. The molecule has 0 saturated carbocycles. The van der Waals surface area contributed by atoms with Gasteiger partial charge in [0.2, 0.25) is 11.8 Å². The van der Waals surface area contributed by atoms with Crippen LogP contribution in [0.15, 0.2) is 28.7 Å². The number of carbonyl (C=O) groups excluding carboxylic acids is 2. The van der Waals surface area contributed by atoms with Crippen molar-refractivity contribution in [1.29, 1.82) is 0 Å². The Kier molecular flexibility index (Phi) is 8.93. The number of amides is 2. The van der Waals surface area contributed by atoms with E-state index in [9.17, 15) is 22.8 Å². The number of carbonyl (C=O) groups is 2. The van der Waals surface area contributed by atoms with E-state index in [2.05, 4.69) is 17.1 Å². The summed E-state index contributed by atoms with van der Waals surface area (Å²) >= 11 is 12.3. The van der Waals surface area contributed by atoms with Crippen LogP contribution in [0.2, 0.25) is 10.0 Å². The molecule has 2 fully saturated rings. The Morgan fingerprint density at radius 2 is 1.77 bits per heavy atom. The molecule has 1 unspecified atom stereocenters. The molecule has 2 saturated heterocycles. The van der Waals surface area contributed by atoms with Crippen LogP contribution < -0.4 is 5.32 Å². The van der Waals surface area contributed by atoms with Gasteiger partial charge >= 0.3 is 6.18 Å². The maximum Gasteiger partial charge on any atom is 0.416 e. The van der Waals surface area contributed by atoms with Gasteiger partial charge in [-0.25, -0.2) is 0 Å². The molecule has 4 rings (SSSR count). The first-order valence-electron chi connectivity index (χ1n) is 13.4. The predicted octanol–water partition coefficient (Wildman–Crippen LogP) is 6.78. The number of nitrogens with one attached hydrogen (secondary N) is 1. The zero-order chi connectivity index (χ0) is 28.5. The van der Waals surface area contributed by atoms with E-state index in [1.165, 1.54) is 0 Å². The van der Waals surface area contributed by atoms with Crippen LogP contribution in [-0.4, -0.2) is 52.8 Å². The van der Waals surface area contributed by atoms with Crippen molar-refractivity contribution in [2.75, 3.05) is 19.6 Å². The largest absolute Gasteiger partial charge is 0.460 e. The minimum Gasteiger partial charge on any atom is -0.460 e. The van der Waals surface area contributed by atoms with Crippen molar-refractivity contribution in [2.45, 2.75) is 77.2 Å². The van der Waals surface area contributed by atoms with Gasteiger partial charge in [-0.05, 0) is 55.9 Å². The maximum absolute atomic E-state index is 13.4. The summed E-state index contributed by atoms with van der Waals surface area (Å²) in [7, 11) is 0. The van der Waals surface area contributed by atoms with Gasteiger partial charge in [-0.1, -0.05) is 50.4 Å². The van der Waals surface area contributed by atoms with E-state index in [0.29, 0.717) is 51.2 Å². The topological polar surface area (TPSA) is 65.8 Å². The summed E-state index contributed by atoms with van der Waals surface area (Å²) < 4.78 is 45.2. The molecule has 1 atom stereocenters. The van der Waals surface area contributed by atoms with Crippen molar-refractivity contribution in [3.8, 4) is 11.3 Å².